The van der Waals surface area contributed by atoms with E-state index in [1.165, 1.54) is 20.8 Å². The molecule has 0 radical (unpaired) electrons. The van der Waals surface area contributed by atoms with E-state index in [-0.39, 0.29) is 43.4 Å². The zero-order chi connectivity index (χ0) is 56.8. The molecule has 0 aromatic rings. The Bertz CT molecular complexity index is 1800. The predicted molar refractivity (Wildman–Crippen MR) is 282 cm³/mol. The van der Waals surface area contributed by atoms with Gasteiger partial charge in [0.2, 0.25) is 53.2 Å². The summed E-state index contributed by atoms with van der Waals surface area (Å²) in [6.45, 7) is 19.5. The molecule has 0 aliphatic rings. The molecule has 0 saturated heterocycles. The standard InChI is InChI=1S/C50H95N13O11/c1-12-30(8)40(63-44(67)34(54)19-13-16-22-51)49(72)57-32(10)41(64)58-36(21-15-18-24-53)46(69)62-39(29(6)7)48(71)56-33(11)42(65)60-37(25-27(2)3)47(70)59-35(20-14-17-23-52)45(68)55-31(9)43(66)61-38(50(73)74)26-28(4)5/h27-40H,12-26,51-54H2,1-11H3,(H,55,68)(H,56,71)(H,57,72)(H,58,64)(H,59,70)(H,60,65)(H,61,66)(H,62,69)(H,63,67)(H,73,74)/t30-,31-,32-,33-,34-,35-,36-,37-,38-,39-,40-/m0/s1. The zero-order valence-corrected chi connectivity index (χ0v) is 46.0. The van der Waals surface area contributed by atoms with Gasteiger partial charge in [0.25, 0.3) is 0 Å². The number of nitrogens with one attached hydrogen (secondary N) is 9. The van der Waals surface area contributed by atoms with Gasteiger partial charge in [0.15, 0.2) is 0 Å². The fourth-order valence-electron chi connectivity index (χ4n) is 7.59. The van der Waals surface area contributed by atoms with Gasteiger partial charge in [0, 0.05) is 0 Å². The van der Waals surface area contributed by atoms with E-state index in [4.69, 9.17) is 22.9 Å². The Morgan fingerprint density at radius 2 is 0.730 bits per heavy atom. The van der Waals surface area contributed by atoms with E-state index in [1.807, 2.05) is 34.6 Å². The summed E-state index contributed by atoms with van der Waals surface area (Å²) in [5.74, 6) is -8.41. The van der Waals surface area contributed by atoms with Crippen molar-refractivity contribution in [2.45, 2.75) is 214 Å². The van der Waals surface area contributed by atoms with Crippen LogP contribution in [-0.4, -0.2) is 144 Å². The lowest BCUT2D eigenvalue weighted by Crippen LogP contribution is -2.61. The molecule has 0 unspecified atom stereocenters. The molecule has 0 rings (SSSR count). The first-order valence-corrected chi connectivity index (χ1v) is 26.5. The fraction of sp³-hybridized carbons (Fsp3) is 0.800. The van der Waals surface area contributed by atoms with Gasteiger partial charge in [-0.3, -0.25) is 43.2 Å². The number of carboxylic acid groups (broad SMARTS) is 1. The summed E-state index contributed by atoms with van der Waals surface area (Å²) in [5.41, 5.74) is 23.0. The Hall–Kier alpha value is -5.46. The molecule has 0 aliphatic heterocycles. The predicted octanol–water partition coefficient (Wildman–Crippen LogP) is -0.998. The van der Waals surface area contributed by atoms with Crippen molar-refractivity contribution in [1.82, 2.24) is 47.9 Å². The second-order valence-corrected chi connectivity index (χ2v) is 20.6. The van der Waals surface area contributed by atoms with Crippen LogP contribution in [0.2, 0.25) is 0 Å². The largest absolute Gasteiger partial charge is 0.480 e. The highest BCUT2D eigenvalue weighted by Crippen LogP contribution is 2.13. The number of carbonyl (C=O) groups excluding carboxylic acids is 9. The molecule has 18 N–H and O–H groups in total. The molecule has 0 fully saturated rings. The van der Waals surface area contributed by atoms with E-state index in [1.54, 1.807) is 20.8 Å². The van der Waals surface area contributed by atoms with E-state index in [0.717, 1.165) is 0 Å². The minimum Gasteiger partial charge on any atom is -0.480 e. The maximum absolute atomic E-state index is 13.9. The summed E-state index contributed by atoms with van der Waals surface area (Å²) in [7, 11) is 0. The number of amides is 9. The van der Waals surface area contributed by atoms with Crippen LogP contribution in [0.15, 0.2) is 0 Å². The number of rotatable bonds is 38. The summed E-state index contributed by atoms with van der Waals surface area (Å²) < 4.78 is 0. The van der Waals surface area contributed by atoms with Crippen LogP contribution in [0.3, 0.4) is 0 Å². The number of hydrogen-bond acceptors (Lipinski definition) is 14. The summed E-state index contributed by atoms with van der Waals surface area (Å²) >= 11 is 0. The van der Waals surface area contributed by atoms with E-state index in [0.29, 0.717) is 71.0 Å². The molecule has 0 heterocycles. The van der Waals surface area contributed by atoms with Crippen molar-refractivity contribution in [3.8, 4) is 0 Å². The molecule has 0 bridgehead atoms. The van der Waals surface area contributed by atoms with Gasteiger partial charge in [-0.1, -0.05) is 68.2 Å². The number of unbranched alkanes of at least 4 members (excludes halogenated alkanes) is 3. The minimum atomic E-state index is -1.24. The van der Waals surface area contributed by atoms with Gasteiger partial charge in [0.1, 0.15) is 54.4 Å². The molecule has 24 nitrogen and oxygen atoms in total. The molecule has 11 atom stereocenters. The lowest BCUT2D eigenvalue weighted by molar-refractivity contribution is -0.142. The van der Waals surface area contributed by atoms with Crippen molar-refractivity contribution >= 4 is 59.1 Å². The van der Waals surface area contributed by atoms with E-state index >= 15 is 0 Å². The Morgan fingerprint density at radius 3 is 1.14 bits per heavy atom. The molecule has 74 heavy (non-hydrogen) atoms. The number of carboxylic acids is 1. The van der Waals surface area contributed by atoms with Crippen LogP contribution in [0.25, 0.3) is 0 Å². The Kier molecular flexibility index (Phi) is 33.8. The van der Waals surface area contributed by atoms with Crippen LogP contribution < -0.4 is 70.8 Å². The molecule has 0 spiro atoms. The maximum Gasteiger partial charge on any atom is 0.326 e. The van der Waals surface area contributed by atoms with Crippen LogP contribution in [0.1, 0.15) is 153 Å². The van der Waals surface area contributed by atoms with Crippen molar-refractivity contribution in [1.29, 1.82) is 0 Å². The minimum absolute atomic E-state index is 0.0361. The van der Waals surface area contributed by atoms with Gasteiger partial charge in [-0.15, -0.1) is 0 Å². The van der Waals surface area contributed by atoms with Crippen LogP contribution in [-0.2, 0) is 47.9 Å². The van der Waals surface area contributed by atoms with Crippen molar-refractivity contribution < 1.29 is 53.1 Å². The molecular weight excluding hydrogens is 959 g/mol. The Labute approximate surface area is 438 Å². The van der Waals surface area contributed by atoms with Gasteiger partial charge < -0.3 is 75.9 Å². The fourth-order valence-corrected chi connectivity index (χ4v) is 7.59. The number of carbonyl (C=O) groups is 10. The third-order valence-electron chi connectivity index (χ3n) is 12.4. The topological polar surface area (TPSA) is 403 Å². The first-order valence-electron chi connectivity index (χ1n) is 26.5. The summed E-state index contributed by atoms with van der Waals surface area (Å²) in [5, 5.41) is 33.3. The SMILES string of the molecule is CC[C@H](C)[C@H](NC(=O)[C@@H](N)CCCCN)C(=O)N[C@@H](C)C(=O)N[C@@H](CCCCN)C(=O)N[C@H](C(=O)N[C@@H](C)C(=O)N[C@@H](CC(C)C)C(=O)N[C@@H](CCCCN)C(=O)N[C@@H](C)C(=O)N[C@@H](CC(C)C)C(=O)O)C(C)C. The molecular formula is C50H95N13O11. The van der Waals surface area contributed by atoms with Crippen molar-refractivity contribution in [3.63, 3.8) is 0 Å². The van der Waals surface area contributed by atoms with Crippen LogP contribution >= 0.6 is 0 Å². The molecule has 0 aromatic carbocycles. The van der Waals surface area contributed by atoms with Crippen LogP contribution in [0.4, 0.5) is 0 Å². The molecule has 9 amide bonds. The smallest absolute Gasteiger partial charge is 0.326 e. The third-order valence-corrected chi connectivity index (χ3v) is 12.4. The van der Waals surface area contributed by atoms with E-state index in [9.17, 15) is 53.1 Å². The molecule has 0 aromatic heterocycles. The van der Waals surface area contributed by atoms with Gasteiger partial charge in [-0.25, -0.2) is 4.79 Å². The quantitative estimate of drug-likeness (QED) is 0.0330. The number of hydrogen-bond donors (Lipinski definition) is 14. The lowest BCUT2D eigenvalue weighted by Gasteiger charge is -2.29. The van der Waals surface area contributed by atoms with Gasteiger partial charge in [0.05, 0.1) is 6.04 Å². The zero-order valence-electron chi connectivity index (χ0n) is 46.0. The molecule has 0 saturated carbocycles. The number of aliphatic carboxylic acids is 1. The normalized spacial score (nSPS) is 15.9. The van der Waals surface area contributed by atoms with Crippen molar-refractivity contribution in [3.05, 3.63) is 0 Å². The van der Waals surface area contributed by atoms with Crippen molar-refractivity contribution in [2.75, 3.05) is 19.6 Å². The van der Waals surface area contributed by atoms with Gasteiger partial charge in [-0.2, -0.15) is 0 Å². The summed E-state index contributed by atoms with van der Waals surface area (Å²) in [6.07, 6.45) is 4.67. The molecule has 0 aliphatic carbocycles. The Balaban J connectivity index is 6.14. The summed E-state index contributed by atoms with van der Waals surface area (Å²) in [6, 6.07) is -11.3. The van der Waals surface area contributed by atoms with Crippen molar-refractivity contribution in [2.24, 2.45) is 46.6 Å². The average molecular weight is 1050 g/mol. The van der Waals surface area contributed by atoms with Gasteiger partial charge >= 0.3 is 5.97 Å². The second kappa shape index (κ2) is 36.5. The Morgan fingerprint density at radius 1 is 0.392 bits per heavy atom. The van der Waals surface area contributed by atoms with Crippen LogP contribution in [0, 0.1) is 23.7 Å². The van der Waals surface area contributed by atoms with E-state index in [2.05, 4.69) is 47.9 Å². The first-order chi connectivity index (χ1) is 34.6. The summed E-state index contributed by atoms with van der Waals surface area (Å²) in [4.78, 5) is 134. The average Bonchev–Trinajstić information content (AvgIpc) is 3.32. The van der Waals surface area contributed by atoms with Gasteiger partial charge in [-0.05, 0) is 128 Å². The number of nitrogens with two attached hydrogens (primary N) is 4. The van der Waals surface area contributed by atoms with Crippen LogP contribution in [0.5, 0.6) is 0 Å². The lowest BCUT2D eigenvalue weighted by atomic mass is 9.97. The highest BCUT2D eigenvalue weighted by Gasteiger charge is 2.35. The highest BCUT2D eigenvalue weighted by atomic mass is 16.4. The van der Waals surface area contributed by atoms with E-state index < -0.39 is 125 Å². The molecule has 426 valence electrons. The highest BCUT2D eigenvalue weighted by molar-refractivity contribution is 5.98. The maximum atomic E-state index is 13.9. The molecule has 24 heteroatoms. The monoisotopic (exact) mass is 1050 g/mol. The third kappa shape index (κ3) is 26.7. The second-order valence-electron chi connectivity index (χ2n) is 20.6. The first kappa shape index (κ1) is 68.5.